The van der Waals surface area contributed by atoms with Gasteiger partial charge in [-0.3, -0.25) is 14.9 Å². The molecule has 1 amide bonds. The smallest absolute Gasteiger partial charge is 0.284 e. The van der Waals surface area contributed by atoms with Gasteiger partial charge >= 0.3 is 0 Å². The van der Waals surface area contributed by atoms with Crippen molar-refractivity contribution in [3.63, 3.8) is 0 Å². The summed E-state index contributed by atoms with van der Waals surface area (Å²) in [5.74, 6) is 0.251. The van der Waals surface area contributed by atoms with Crippen molar-refractivity contribution in [2.75, 3.05) is 0 Å². The number of nitro groups is 1. The van der Waals surface area contributed by atoms with Crippen LogP contribution in [0, 0.1) is 16.0 Å². The molecule has 0 aliphatic rings. The molecule has 6 heteroatoms. The van der Waals surface area contributed by atoms with Gasteiger partial charge in [0.05, 0.1) is 9.40 Å². The van der Waals surface area contributed by atoms with E-state index < -0.39 is 4.92 Å². The SMILES string of the molecule is CCC(C)CC(C)NC(=O)c1ccc(Br)c([N+](=O)[O-])c1. The molecule has 0 heterocycles. The zero-order chi connectivity index (χ0) is 15.3. The number of carbonyl (C=O) groups is 1. The van der Waals surface area contributed by atoms with Crippen molar-refractivity contribution in [1.29, 1.82) is 0 Å². The molecule has 0 bridgehead atoms. The van der Waals surface area contributed by atoms with Crippen molar-refractivity contribution in [3.8, 4) is 0 Å². The monoisotopic (exact) mass is 342 g/mol. The number of halogens is 1. The van der Waals surface area contributed by atoms with Crippen LogP contribution in [0.5, 0.6) is 0 Å². The fourth-order valence-electron chi connectivity index (χ4n) is 1.93. The molecule has 0 radical (unpaired) electrons. The number of amides is 1. The van der Waals surface area contributed by atoms with E-state index in [1.54, 1.807) is 6.07 Å². The molecule has 110 valence electrons. The lowest BCUT2D eigenvalue weighted by atomic mass is 10.00. The van der Waals surface area contributed by atoms with Gasteiger partial charge in [0, 0.05) is 17.7 Å². The number of hydrogen-bond donors (Lipinski definition) is 1. The maximum atomic E-state index is 12.1. The Morgan fingerprint density at radius 3 is 2.65 bits per heavy atom. The highest BCUT2D eigenvalue weighted by molar-refractivity contribution is 9.10. The van der Waals surface area contributed by atoms with Crippen LogP contribution in [0.4, 0.5) is 5.69 Å². The van der Waals surface area contributed by atoms with Gasteiger partial charge in [-0.2, -0.15) is 0 Å². The summed E-state index contributed by atoms with van der Waals surface area (Å²) in [6.45, 7) is 6.18. The zero-order valence-corrected chi connectivity index (χ0v) is 13.4. The van der Waals surface area contributed by atoms with E-state index >= 15 is 0 Å². The minimum absolute atomic E-state index is 0.0418. The average molecular weight is 343 g/mol. The molecule has 1 rings (SSSR count). The summed E-state index contributed by atoms with van der Waals surface area (Å²) in [6.07, 6.45) is 1.95. The Morgan fingerprint density at radius 1 is 1.45 bits per heavy atom. The van der Waals surface area contributed by atoms with E-state index in [9.17, 15) is 14.9 Å². The number of carbonyl (C=O) groups excluding carboxylic acids is 1. The molecule has 2 atom stereocenters. The van der Waals surface area contributed by atoms with Crippen molar-refractivity contribution in [1.82, 2.24) is 5.32 Å². The third-order valence-electron chi connectivity index (χ3n) is 3.24. The van der Waals surface area contributed by atoms with Crippen LogP contribution in [-0.2, 0) is 0 Å². The highest BCUT2D eigenvalue weighted by Crippen LogP contribution is 2.25. The summed E-state index contributed by atoms with van der Waals surface area (Å²) in [5.41, 5.74) is 0.197. The fraction of sp³-hybridized carbons (Fsp3) is 0.500. The van der Waals surface area contributed by atoms with Crippen LogP contribution in [0.25, 0.3) is 0 Å². The van der Waals surface area contributed by atoms with E-state index in [0.717, 1.165) is 12.8 Å². The Hall–Kier alpha value is -1.43. The van der Waals surface area contributed by atoms with Crippen molar-refractivity contribution in [2.45, 2.75) is 39.7 Å². The molecule has 0 saturated carbocycles. The van der Waals surface area contributed by atoms with Gasteiger partial charge in [-0.05, 0) is 47.3 Å². The molecular weight excluding hydrogens is 324 g/mol. The number of nitrogens with zero attached hydrogens (tertiary/aromatic N) is 1. The molecule has 0 aliphatic carbocycles. The first-order chi connectivity index (χ1) is 9.35. The summed E-state index contributed by atoms with van der Waals surface area (Å²) >= 11 is 3.10. The first-order valence-corrected chi connectivity index (χ1v) is 7.39. The number of benzene rings is 1. The van der Waals surface area contributed by atoms with Gasteiger partial charge in [0.1, 0.15) is 0 Å². The molecule has 0 aliphatic heterocycles. The summed E-state index contributed by atoms with van der Waals surface area (Å²) in [4.78, 5) is 22.4. The average Bonchev–Trinajstić information content (AvgIpc) is 2.38. The predicted molar refractivity (Wildman–Crippen MR) is 81.8 cm³/mol. The molecule has 0 aromatic heterocycles. The van der Waals surface area contributed by atoms with Gasteiger partial charge in [0.25, 0.3) is 11.6 Å². The van der Waals surface area contributed by atoms with Crippen LogP contribution in [0.15, 0.2) is 22.7 Å². The molecule has 0 spiro atoms. The van der Waals surface area contributed by atoms with Crippen molar-refractivity contribution in [3.05, 3.63) is 38.3 Å². The minimum atomic E-state index is -0.510. The van der Waals surface area contributed by atoms with Crippen molar-refractivity contribution in [2.24, 2.45) is 5.92 Å². The first kappa shape index (κ1) is 16.6. The van der Waals surface area contributed by atoms with Crippen LogP contribution in [-0.4, -0.2) is 16.9 Å². The van der Waals surface area contributed by atoms with Crippen LogP contribution < -0.4 is 5.32 Å². The topological polar surface area (TPSA) is 72.2 Å². The molecule has 5 nitrogen and oxygen atoms in total. The Bertz CT molecular complexity index is 505. The Morgan fingerprint density at radius 2 is 2.10 bits per heavy atom. The normalized spacial score (nSPS) is 13.6. The van der Waals surface area contributed by atoms with E-state index in [1.165, 1.54) is 12.1 Å². The predicted octanol–water partition coefficient (Wildman–Crippen LogP) is 3.91. The largest absolute Gasteiger partial charge is 0.350 e. The summed E-state index contributed by atoms with van der Waals surface area (Å²) < 4.78 is 0.367. The third-order valence-corrected chi connectivity index (χ3v) is 3.91. The van der Waals surface area contributed by atoms with E-state index in [4.69, 9.17) is 0 Å². The van der Waals surface area contributed by atoms with Crippen LogP contribution in [0.3, 0.4) is 0 Å². The van der Waals surface area contributed by atoms with Gasteiger partial charge in [-0.1, -0.05) is 20.3 Å². The Labute approximate surface area is 127 Å². The highest BCUT2D eigenvalue weighted by atomic mass is 79.9. The number of nitrogens with one attached hydrogen (secondary N) is 1. The molecule has 1 N–H and O–H groups in total. The maximum absolute atomic E-state index is 12.1. The molecule has 20 heavy (non-hydrogen) atoms. The van der Waals surface area contributed by atoms with Crippen LogP contribution in [0.2, 0.25) is 0 Å². The molecule has 0 saturated heterocycles. The highest BCUT2D eigenvalue weighted by Gasteiger charge is 2.17. The second kappa shape index (κ2) is 7.38. The van der Waals surface area contributed by atoms with Crippen LogP contribution >= 0.6 is 15.9 Å². The van der Waals surface area contributed by atoms with E-state index in [1.807, 2.05) is 6.92 Å². The third kappa shape index (κ3) is 4.59. The molecule has 0 fully saturated rings. The van der Waals surface area contributed by atoms with E-state index in [0.29, 0.717) is 16.0 Å². The number of nitro benzene ring substituents is 1. The van der Waals surface area contributed by atoms with E-state index in [-0.39, 0.29) is 17.6 Å². The van der Waals surface area contributed by atoms with Gasteiger partial charge in [0.15, 0.2) is 0 Å². The maximum Gasteiger partial charge on any atom is 0.284 e. The molecule has 1 aromatic carbocycles. The zero-order valence-electron chi connectivity index (χ0n) is 11.9. The number of hydrogen-bond acceptors (Lipinski definition) is 3. The fourth-order valence-corrected chi connectivity index (χ4v) is 2.32. The first-order valence-electron chi connectivity index (χ1n) is 6.60. The Balaban J connectivity index is 2.78. The van der Waals surface area contributed by atoms with Gasteiger partial charge in [-0.15, -0.1) is 0 Å². The molecular formula is C14H19BrN2O3. The summed E-state index contributed by atoms with van der Waals surface area (Å²) in [5, 5.41) is 13.7. The van der Waals surface area contributed by atoms with Crippen molar-refractivity contribution >= 4 is 27.5 Å². The van der Waals surface area contributed by atoms with Gasteiger partial charge in [0.2, 0.25) is 0 Å². The van der Waals surface area contributed by atoms with Gasteiger partial charge < -0.3 is 5.32 Å². The Kier molecular flexibility index (Phi) is 6.13. The lowest BCUT2D eigenvalue weighted by Crippen LogP contribution is -2.33. The summed E-state index contributed by atoms with van der Waals surface area (Å²) in [7, 11) is 0. The standard InChI is InChI=1S/C14H19BrN2O3/c1-4-9(2)7-10(3)16-14(18)11-5-6-12(15)13(8-11)17(19)20/h5-6,8-10H,4,7H2,1-3H3,(H,16,18). The lowest BCUT2D eigenvalue weighted by Gasteiger charge is -2.17. The van der Waals surface area contributed by atoms with Crippen LogP contribution in [0.1, 0.15) is 44.0 Å². The van der Waals surface area contributed by atoms with E-state index in [2.05, 4.69) is 35.1 Å². The molecule has 2 unspecified atom stereocenters. The second-order valence-corrected chi connectivity index (χ2v) is 5.90. The minimum Gasteiger partial charge on any atom is -0.350 e. The lowest BCUT2D eigenvalue weighted by molar-refractivity contribution is -0.385. The van der Waals surface area contributed by atoms with Crippen molar-refractivity contribution < 1.29 is 9.72 Å². The summed E-state index contributed by atoms with van der Waals surface area (Å²) in [6, 6.07) is 4.42. The van der Waals surface area contributed by atoms with Gasteiger partial charge in [-0.25, -0.2) is 0 Å². The second-order valence-electron chi connectivity index (χ2n) is 5.05. The quantitative estimate of drug-likeness (QED) is 0.629. The number of rotatable bonds is 6. The molecule has 1 aromatic rings.